The van der Waals surface area contributed by atoms with Gasteiger partial charge < -0.3 is 14.2 Å². The number of furan rings is 1. The van der Waals surface area contributed by atoms with Gasteiger partial charge in [-0.05, 0) is 129 Å². The van der Waals surface area contributed by atoms with E-state index in [1.54, 1.807) is 0 Å². The Bertz CT molecular complexity index is 3330. The van der Waals surface area contributed by atoms with Gasteiger partial charge in [0.2, 0.25) is 0 Å². The summed E-state index contributed by atoms with van der Waals surface area (Å²) in [5, 5.41) is 2.25. The fourth-order valence-corrected chi connectivity index (χ4v) is 10.9. The molecule has 0 fully saturated rings. The highest BCUT2D eigenvalue weighted by Crippen LogP contribution is 2.64. The highest BCUT2D eigenvalue weighted by atomic mass is 16.3. The average Bonchev–Trinajstić information content (AvgIpc) is 3.86. The van der Waals surface area contributed by atoms with Crippen LogP contribution in [0, 0.1) is 0 Å². The normalized spacial score (nSPS) is 12.8. The molecule has 11 aromatic rings. The molecule has 1 aromatic heterocycles. The van der Waals surface area contributed by atoms with Crippen LogP contribution in [0.25, 0.3) is 55.3 Å². The zero-order chi connectivity index (χ0) is 42.2. The quantitative estimate of drug-likeness (QED) is 0.167. The predicted octanol–water partition coefficient (Wildman–Crippen LogP) is 16.5. The first-order chi connectivity index (χ1) is 31.8. The molecule has 3 heteroatoms. The Kier molecular flexibility index (Phi) is 8.13. The summed E-state index contributed by atoms with van der Waals surface area (Å²) in [6, 6.07) is 88.5. The molecule has 0 unspecified atom stereocenters. The monoisotopic (exact) mass is 816 g/mol. The number of hydrogen-bond acceptors (Lipinski definition) is 3. The van der Waals surface area contributed by atoms with Crippen LogP contribution in [-0.4, -0.2) is 0 Å². The van der Waals surface area contributed by atoms with E-state index in [0.29, 0.717) is 0 Å². The minimum atomic E-state index is -0.785. The third-order valence-electron chi connectivity index (χ3n) is 13.4. The highest BCUT2D eigenvalue weighted by Gasteiger charge is 2.51. The zero-order valence-electron chi connectivity index (χ0n) is 34.9. The van der Waals surface area contributed by atoms with Crippen molar-refractivity contribution >= 4 is 56.1 Å². The summed E-state index contributed by atoms with van der Waals surface area (Å²) in [5.41, 5.74) is 19.6. The molecule has 0 saturated carbocycles. The van der Waals surface area contributed by atoms with Crippen LogP contribution in [0.2, 0.25) is 0 Å². The number of hydrogen-bond donors (Lipinski definition) is 0. The lowest BCUT2D eigenvalue weighted by Crippen LogP contribution is -2.30. The van der Waals surface area contributed by atoms with Gasteiger partial charge in [-0.15, -0.1) is 0 Å². The molecule has 64 heavy (non-hydrogen) atoms. The maximum Gasteiger partial charge on any atom is 0.143 e. The third-order valence-corrected chi connectivity index (χ3v) is 13.4. The summed E-state index contributed by atoms with van der Waals surface area (Å²) in [7, 11) is 0. The summed E-state index contributed by atoms with van der Waals surface area (Å²) >= 11 is 0. The molecule has 0 saturated heterocycles. The van der Waals surface area contributed by atoms with Crippen molar-refractivity contribution in [2.24, 2.45) is 0 Å². The van der Waals surface area contributed by atoms with E-state index >= 15 is 0 Å². The van der Waals surface area contributed by atoms with Gasteiger partial charge in [-0.25, -0.2) is 0 Å². The Hall–Kier alpha value is -8.40. The molecule has 300 valence electrons. The molecule has 0 aliphatic heterocycles. The summed E-state index contributed by atoms with van der Waals surface area (Å²) in [6.07, 6.45) is 0. The van der Waals surface area contributed by atoms with Gasteiger partial charge in [0.25, 0.3) is 0 Å². The van der Waals surface area contributed by atoms with Gasteiger partial charge in [0.15, 0.2) is 0 Å². The van der Waals surface area contributed by atoms with Crippen molar-refractivity contribution in [1.29, 1.82) is 0 Å². The number of para-hydroxylation sites is 5. The van der Waals surface area contributed by atoms with Gasteiger partial charge in [0.05, 0.1) is 5.41 Å². The molecule has 0 amide bonds. The number of anilines is 6. The van der Waals surface area contributed by atoms with Crippen molar-refractivity contribution < 1.29 is 4.42 Å². The largest absolute Gasteiger partial charge is 0.455 e. The smallest absolute Gasteiger partial charge is 0.143 e. The van der Waals surface area contributed by atoms with Gasteiger partial charge in [-0.1, -0.05) is 164 Å². The zero-order valence-corrected chi connectivity index (χ0v) is 34.9. The minimum Gasteiger partial charge on any atom is -0.455 e. The van der Waals surface area contributed by atoms with E-state index in [1.165, 1.54) is 50.1 Å². The van der Waals surface area contributed by atoms with E-state index in [4.69, 9.17) is 4.42 Å². The maximum absolute atomic E-state index is 6.99. The summed E-state index contributed by atoms with van der Waals surface area (Å²) in [4.78, 5) is 4.78. The SMILES string of the molecule is c1ccc(N(c2ccccc2)c2ccc3c(c2)C2(c4cc(N(c5ccccc5)c5ccccc5)ccc4-c4ccccc4-3)c3ccccc3-c3c2ccc2c3oc3ccccc32)cc1. The Labute approximate surface area is 372 Å². The van der Waals surface area contributed by atoms with Crippen LogP contribution in [0.3, 0.4) is 0 Å². The molecular formula is C61H40N2O. The molecule has 3 nitrogen and oxygen atoms in total. The third kappa shape index (κ3) is 5.28. The van der Waals surface area contributed by atoms with Crippen molar-refractivity contribution in [3.63, 3.8) is 0 Å². The molecular weight excluding hydrogens is 777 g/mol. The first kappa shape index (κ1) is 36.3. The second-order valence-electron chi connectivity index (χ2n) is 16.8. The molecule has 10 aromatic carbocycles. The fourth-order valence-electron chi connectivity index (χ4n) is 10.9. The van der Waals surface area contributed by atoms with Crippen LogP contribution < -0.4 is 9.80 Å². The predicted molar refractivity (Wildman–Crippen MR) is 265 cm³/mol. The minimum absolute atomic E-state index is 0.785. The molecule has 0 bridgehead atoms. The fraction of sp³-hybridized carbons (Fsp3) is 0.0164. The molecule has 0 N–H and O–H groups in total. The van der Waals surface area contributed by atoms with Gasteiger partial charge >= 0.3 is 0 Å². The summed E-state index contributed by atoms with van der Waals surface area (Å²) in [6.45, 7) is 0. The number of fused-ring (bicyclic) bond motifs is 16. The molecule has 0 radical (unpaired) electrons. The lowest BCUT2D eigenvalue weighted by molar-refractivity contribution is 0.669. The summed E-state index contributed by atoms with van der Waals surface area (Å²) in [5.74, 6) is 0. The second-order valence-corrected chi connectivity index (χ2v) is 16.8. The Morgan fingerprint density at radius 2 is 0.719 bits per heavy atom. The van der Waals surface area contributed by atoms with E-state index in [-0.39, 0.29) is 0 Å². The van der Waals surface area contributed by atoms with Crippen molar-refractivity contribution in [3.8, 4) is 33.4 Å². The number of rotatable bonds is 6. The van der Waals surface area contributed by atoms with Crippen LogP contribution in [0.4, 0.5) is 34.1 Å². The summed E-state index contributed by atoms with van der Waals surface area (Å²) < 4.78 is 6.99. The first-order valence-electron chi connectivity index (χ1n) is 22.0. The van der Waals surface area contributed by atoms with Crippen LogP contribution >= 0.6 is 0 Å². The van der Waals surface area contributed by atoms with Crippen LogP contribution in [0.15, 0.2) is 247 Å². The number of nitrogens with zero attached hydrogens (tertiary/aromatic N) is 2. The van der Waals surface area contributed by atoms with Gasteiger partial charge in [0.1, 0.15) is 11.2 Å². The number of benzene rings is 10. The van der Waals surface area contributed by atoms with Crippen molar-refractivity contribution in [2.75, 3.05) is 9.80 Å². The van der Waals surface area contributed by atoms with Crippen LogP contribution in [0.5, 0.6) is 0 Å². The average molecular weight is 817 g/mol. The van der Waals surface area contributed by atoms with E-state index in [1.807, 2.05) is 0 Å². The second kappa shape index (κ2) is 14.3. The Morgan fingerprint density at radius 1 is 0.281 bits per heavy atom. The topological polar surface area (TPSA) is 19.6 Å². The lowest BCUT2D eigenvalue weighted by atomic mass is 9.65. The van der Waals surface area contributed by atoms with E-state index in [0.717, 1.165) is 61.6 Å². The Morgan fingerprint density at radius 3 is 1.23 bits per heavy atom. The van der Waals surface area contributed by atoms with Crippen molar-refractivity contribution in [2.45, 2.75) is 5.41 Å². The van der Waals surface area contributed by atoms with E-state index in [9.17, 15) is 0 Å². The lowest BCUT2D eigenvalue weighted by Gasteiger charge is -2.37. The molecule has 1 heterocycles. The molecule has 13 rings (SSSR count). The Balaban J connectivity index is 1.20. The van der Waals surface area contributed by atoms with E-state index in [2.05, 4.69) is 252 Å². The first-order valence-corrected chi connectivity index (χ1v) is 22.0. The van der Waals surface area contributed by atoms with Crippen molar-refractivity contribution in [3.05, 3.63) is 265 Å². The molecule has 0 atom stereocenters. The molecule has 2 aliphatic rings. The van der Waals surface area contributed by atoms with Crippen molar-refractivity contribution in [1.82, 2.24) is 0 Å². The maximum atomic E-state index is 6.99. The molecule has 1 spiro atoms. The van der Waals surface area contributed by atoms with Crippen LogP contribution in [-0.2, 0) is 5.41 Å². The van der Waals surface area contributed by atoms with Gasteiger partial charge in [-0.3, -0.25) is 0 Å². The van der Waals surface area contributed by atoms with E-state index < -0.39 is 5.41 Å². The van der Waals surface area contributed by atoms with Crippen LogP contribution in [0.1, 0.15) is 22.3 Å². The highest BCUT2D eigenvalue weighted by molar-refractivity contribution is 6.13. The standard InChI is InChI=1S/C61H40N2O/c1-5-19-41(20-6-1)62(42-21-7-2-8-22-42)45-33-35-49-47-27-13-14-28-48(47)50-36-34-46(63(43-23-9-3-10-24-43)44-25-11-4-12-26-44)40-57(50)61(56(49)39-45)54-31-17-15-30-53(54)59-55(61)38-37-52-51-29-16-18-32-58(51)64-60(52)59/h1-40H. The molecule has 2 aliphatic carbocycles. The van der Waals surface area contributed by atoms with Gasteiger partial charge in [0, 0.05) is 50.5 Å². The van der Waals surface area contributed by atoms with Gasteiger partial charge in [-0.2, -0.15) is 0 Å².